The van der Waals surface area contributed by atoms with E-state index >= 15 is 0 Å². The standard InChI is InChI=1S/C7H12O2S/c1-2-10(8,9)7-4-3-6(7)5-7/h6H,2-5H2,1H3. The number of sulfone groups is 1. The lowest BCUT2D eigenvalue weighted by atomic mass is 10.0. The Morgan fingerprint density at radius 3 is 2.40 bits per heavy atom. The van der Waals surface area contributed by atoms with Crippen LogP contribution in [0.4, 0.5) is 0 Å². The first-order valence-electron chi connectivity index (χ1n) is 3.85. The Balaban J connectivity index is 2.28. The summed E-state index contributed by atoms with van der Waals surface area (Å²) in [7, 11) is -2.69. The number of hydrogen-bond acceptors (Lipinski definition) is 2. The van der Waals surface area contributed by atoms with Crippen molar-refractivity contribution in [2.45, 2.75) is 30.9 Å². The molecule has 0 N–H and O–H groups in total. The van der Waals surface area contributed by atoms with Gasteiger partial charge >= 0.3 is 0 Å². The van der Waals surface area contributed by atoms with Gasteiger partial charge in [0.1, 0.15) is 0 Å². The Morgan fingerprint density at radius 2 is 2.30 bits per heavy atom. The minimum Gasteiger partial charge on any atom is -0.228 e. The van der Waals surface area contributed by atoms with Crippen LogP contribution in [-0.2, 0) is 9.84 Å². The Bertz CT molecular complexity index is 251. The first-order chi connectivity index (χ1) is 4.62. The average Bonchev–Trinajstić information content (AvgIpc) is 2.37. The molecule has 0 heterocycles. The van der Waals surface area contributed by atoms with Crippen LogP contribution in [0, 0.1) is 5.92 Å². The second kappa shape index (κ2) is 1.58. The molecule has 2 nitrogen and oxygen atoms in total. The molecule has 0 spiro atoms. The van der Waals surface area contributed by atoms with E-state index in [0.29, 0.717) is 11.7 Å². The zero-order valence-corrected chi connectivity index (χ0v) is 6.95. The molecule has 10 heavy (non-hydrogen) atoms. The van der Waals surface area contributed by atoms with Crippen molar-refractivity contribution in [3.8, 4) is 0 Å². The van der Waals surface area contributed by atoms with Crippen molar-refractivity contribution in [1.29, 1.82) is 0 Å². The molecule has 0 saturated heterocycles. The highest BCUT2D eigenvalue weighted by Gasteiger charge is 2.68. The van der Waals surface area contributed by atoms with E-state index in [9.17, 15) is 8.42 Å². The zero-order valence-electron chi connectivity index (χ0n) is 6.13. The highest BCUT2D eigenvalue weighted by molar-refractivity contribution is 7.93. The van der Waals surface area contributed by atoms with Crippen molar-refractivity contribution in [2.75, 3.05) is 5.75 Å². The van der Waals surface area contributed by atoms with Crippen molar-refractivity contribution in [1.82, 2.24) is 0 Å². The highest BCUT2D eigenvalue weighted by atomic mass is 32.2. The summed E-state index contributed by atoms with van der Waals surface area (Å²) < 4.78 is 22.5. The Kier molecular flexibility index (Phi) is 1.05. The number of rotatable bonds is 2. The maximum atomic E-state index is 11.3. The summed E-state index contributed by atoms with van der Waals surface area (Å²) in [4.78, 5) is 0. The van der Waals surface area contributed by atoms with Crippen LogP contribution >= 0.6 is 0 Å². The molecule has 2 rings (SSSR count). The summed E-state index contributed by atoms with van der Waals surface area (Å²) in [5, 5.41) is 0. The van der Waals surface area contributed by atoms with Gasteiger partial charge in [-0.15, -0.1) is 0 Å². The lowest BCUT2D eigenvalue weighted by molar-refractivity contribution is 0.464. The van der Waals surface area contributed by atoms with Crippen LogP contribution in [0.3, 0.4) is 0 Å². The Morgan fingerprint density at radius 1 is 1.60 bits per heavy atom. The fourth-order valence-corrected chi connectivity index (χ4v) is 4.14. The van der Waals surface area contributed by atoms with Crippen molar-refractivity contribution in [3.63, 3.8) is 0 Å². The monoisotopic (exact) mass is 160 g/mol. The topological polar surface area (TPSA) is 34.1 Å². The largest absolute Gasteiger partial charge is 0.228 e. The van der Waals surface area contributed by atoms with E-state index in [1.54, 1.807) is 6.92 Å². The van der Waals surface area contributed by atoms with E-state index in [0.717, 1.165) is 19.3 Å². The number of hydrogen-bond donors (Lipinski definition) is 0. The highest BCUT2D eigenvalue weighted by Crippen LogP contribution is 2.64. The first kappa shape index (κ1) is 6.65. The minimum atomic E-state index is -2.69. The molecule has 0 aromatic rings. The van der Waals surface area contributed by atoms with Gasteiger partial charge in [-0.3, -0.25) is 0 Å². The summed E-state index contributed by atoms with van der Waals surface area (Å²) in [5.74, 6) is 0.890. The minimum absolute atomic E-state index is 0.193. The van der Waals surface area contributed by atoms with Crippen LogP contribution in [0.25, 0.3) is 0 Å². The van der Waals surface area contributed by atoms with Gasteiger partial charge in [0.25, 0.3) is 0 Å². The summed E-state index contributed by atoms with van der Waals surface area (Å²) in [5.41, 5.74) is 0. The van der Waals surface area contributed by atoms with Crippen LogP contribution in [0.1, 0.15) is 26.2 Å². The molecule has 0 amide bonds. The van der Waals surface area contributed by atoms with Crippen molar-refractivity contribution in [2.24, 2.45) is 5.92 Å². The maximum absolute atomic E-state index is 11.3. The third-order valence-electron chi connectivity index (χ3n) is 3.09. The molecular weight excluding hydrogens is 148 g/mol. The van der Waals surface area contributed by atoms with Crippen LogP contribution in [0.5, 0.6) is 0 Å². The molecule has 0 aromatic carbocycles. The molecule has 0 bridgehead atoms. The van der Waals surface area contributed by atoms with Gasteiger partial charge in [-0.1, -0.05) is 6.92 Å². The Labute approximate surface area is 61.5 Å². The average molecular weight is 160 g/mol. The first-order valence-corrected chi connectivity index (χ1v) is 5.50. The van der Waals surface area contributed by atoms with Crippen molar-refractivity contribution in [3.05, 3.63) is 0 Å². The molecule has 0 aliphatic heterocycles. The van der Waals surface area contributed by atoms with Gasteiger partial charge in [0, 0.05) is 5.75 Å². The molecule has 2 fully saturated rings. The van der Waals surface area contributed by atoms with E-state index < -0.39 is 9.84 Å². The number of fused-ring (bicyclic) bond motifs is 1. The zero-order chi connectivity index (χ0) is 7.41. The van der Waals surface area contributed by atoms with E-state index in [4.69, 9.17) is 0 Å². The predicted octanol–water partition coefficient (Wildman–Crippen LogP) is 0.974. The lowest BCUT2D eigenvalue weighted by Gasteiger charge is -2.24. The fraction of sp³-hybridized carbons (Fsp3) is 1.00. The third-order valence-corrected chi connectivity index (χ3v) is 5.79. The van der Waals surface area contributed by atoms with E-state index in [-0.39, 0.29) is 4.75 Å². The molecule has 0 radical (unpaired) electrons. The predicted molar refractivity (Wildman–Crippen MR) is 39.5 cm³/mol. The molecule has 0 aromatic heterocycles. The molecule has 58 valence electrons. The van der Waals surface area contributed by atoms with Crippen molar-refractivity contribution >= 4 is 9.84 Å². The van der Waals surface area contributed by atoms with Gasteiger partial charge in [0.2, 0.25) is 0 Å². The summed E-state index contributed by atoms with van der Waals surface area (Å²) in [6.07, 6.45) is 3.05. The molecular formula is C7H12O2S. The quantitative estimate of drug-likeness (QED) is 0.603. The van der Waals surface area contributed by atoms with Crippen LogP contribution in [0.15, 0.2) is 0 Å². The normalized spacial score (nSPS) is 43.9. The van der Waals surface area contributed by atoms with Gasteiger partial charge in [-0.2, -0.15) is 0 Å². The van der Waals surface area contributed by atoms with Gasteiger partial charge in [0.05, 0.1) is 4.75 Å². The van der Waals surface area contributed by atoms with E-state index in [1.165, 1.54) is 0 Å². The van der Waals surface area contributed by atoms with Gasteiger partial charge in [-0.05, 0) is 25.2 Å². The molecule has 2 saturated carbocycles. The van der Waals surface area contributed by atoms with Gasteiger partial charge in [-0.25, -0.2) is 8.42 Å². The van der Waals surface area contributed by atoms with Crippen LogP contribution in [-0.4, -0.2) is 18.9 Å². The summed E-state index contributed by atoms with van der Waals surface area (Å²) in [6, 6.07) is 0. The summed E-state index contributed by atoms with van der Waals surface area (Å²) in [6.45, 7) is 1.75. The van der Waals surface area contributed by atoms with Crippen molar-refractivity contribution < 1.29 is 8.42 Å². The second-order valence-electron chi connectivity index (χ2n) is 3.41. The Hall–Kier alpha value is -0.0500. The smallest absolute Gasteiger partial charge is 0.156 e. The fourth-order valence-electron chi connectivity index (χ4n) is 2.06. The van der Waals surface area contributed by atoms with E-state index in [2.05, 4.69) is 0 Å². The van der Waals surface area contributed by atoms with Crippen LogP contribution in [0.2, 0.25) is 0 Å². The summed E-state index contributed by atoms with van der Waals surface area (Å²) >= 11 is 0. The van der Waals surface area contributed by atoms with Gasteiger partial charge < -0.3 is 0 Å². The lowest BCUT2D eigenvalue weighted by Crippen LogP contribution is -2.33. The molecule has 2 aliphatic rings. The maximum Gasteiger partial charge on any atom is 0.156 e. The molecule has 2 aliphatic carbocycles. The third kappa shape index (κ3) is 0.529. The van der Waals surface area contributed by atoms with Gasteiger partial charge in [0.15, 0.2) is 9.84 Å². The van der Waals surface area contributed by atoms with Crippen LogP contribution < -0.4 is 0 Å². The van der Waals surface area contributed by atoms with E-state index in [1.807, 2.05) is 0 Å². The molecule has 2 unspecified atom stereocenters. The SMILES string of the molecule is CCS(=O)(=O)C12CCC1C2. The second-order valence-corrected chi connectivity index (χ2v) is 6.03. The molecule has 2 atom stereocenters. The molecule has 3 heteroatoms.